The van der Waals surface area contributed by atoms with Crippen LogP contribution in [0.1, 0.15) is 44.7 Å². The highest BCUT2D eigenvalue weighted by atomic mass is 35.5. The van der Waals surface area contributed by atoms with Crippen LogP contribution in [-0.2, 0) is 32.3 Å². The van der Waals surface area contributed by atoms with Crippen LogP contribution in [0.2, 0.25) is 10.0 Å². The van der Waals surface area contributed by atoms with Gasteiger partial charge in [0.1, 0.15) is 12.6 Å². The predicted molar refractivity (Wildman–Crippen MR) is 161 cm³/mol. The Morgan fingerprint density at radius 2 is 1.51 bits per heavy atom. The van der Waals surface area contributed by atoms with E-state index in [0.29, 0.717) is 22.4 Å². The Labute approximate surface area is 259 Å². The van der Waals surface area contributed by atoms with Gasteiger partial charge in [0.15, 0.2) is 0 Å². The van der Waals surface area contributed by atoms with Crippen LogP contribution in [0.5, 0.6) is 0 Å². The monoisotopic (exact) mass is 657 g/mol. The Morgan fingerprint density at radius 3 is 2.07 bits per heavy atom. The number of nitrogens with zero attached hydrogens (tertiary/aromatic N) is 2. The predicted octanol–water partition coefficient (Wildman–Crippen LogP) is 6.93. The minimum atomic E-state index is -4.77. The van der Waals surface area contributed by atoms with Crippen molar-refractivity contribution in [2.24, 2.45) is 0 Å². The minimum absolute atomic E-state index is 0.144. The van der Waals surface area contributed by atoms with Crippen molar-refractivity contribution in [1.82, 2.24) is 10.2 Å². The van der Waals surface area contributed by atoms with E-state index < -0.39 is 46.2 Å². The van der Waals surface area contributed by atoms with Crippen molar-refractivity contribution in [3.05, 3.63) is 94.0 Å². The first-order valence-electron chi connectivity index (χ1n) is 13.5. The van der Waals surface area contributed by atoms with Crippen LogP contribution in [0.4, 0.5) is 18.9 Å². The topological polar surface area (TPSA) is 86.8 Å². The summed E-state index contributed by atoms with van der Waals surface area (Å²) in [6.07, 6.45) is -4.01. The quantitative estimate of drug-likeness (QED) is 0.229. The Bertz CT molecular complexity index is 1520. The van der Waals surface area contributed by atoms with E-state index in [1.807, 2.05) is 6.92 Å². The summed E-state index contributed by atoms with van der Waals surface area (Å²) in [6, 6.07) is 14.2. The van der Waals surface area contributed by atoms with Crippen molar-refractivity contribution in [2.45, 2.75) is 63.3 Å². The number of alkyl halides is 3. The van der Waals surface area contributed by atoms with Gasteiger partial charge >= 0.3 is 6.18 Å². The lowest BCUT2D eigenvalue weighted by Gasteiger charge is -2.34. The van der Waals surface area contributed by atoms with E-state index in [1.54, 1.807) is 38.1 Å². The van der Waals surface area contributed by atoms with Gasteiger partial charge in [0.2, 0.25) is 11.8 Å². The Morgan fingerprint density at radius 1 is 0.907 bits per heavy atom. The third-order valence-corrected chi connectivity index (χ3v) is 9.34. The Balaban J connectivity index is 2.15. The molecule has 2 amide bonds. The fourth-order valence-corrected chi connectivity index (χ4v) is 6.24. The summed E-state index contributed by atoms with van der Waals surface area (Å²) in [4.78, 5) is 28.4. The Kier molecular flexibility index (Phi) is 11.5. The maximum absolute atomic E-state index is 14.1. The number of amides is 2. The summed E-state index contributed by atoms with van der Waals surface area (Å²) in [5, 5.41) is 3.27. The molecule has 43 heavy (non-hydrogen) atoms. The third kappa shape index (κ3) is 8.43. The molecule has 0 radical (unpaired) electrons. The highest BCUT2D eigenvalue weighted by molar-refractivity contribution is 7.92. The number of rotatable bonds is 12. The molecule has 0 aromatic heterocycles. The Hall–Kier alpha value is -3.28. The second kappa shape index (κ2) is 14.5. The van der Waals surface area contributed by atoms with E-state index in [2.05, 4.69) is 5.32 Å². The first kappa shape index (κ1) is 34.2. The second-order valence-electron chi connectivity index (χ2n) is 9.84. The zero-order valence-corrected chi connectivity index (χ0v) is 26.1. The number of benzene rings is 3. The molecule has 1 N–H and O–H groups in total. The number of anilines is 1. The molecule has 3 rings (SSSR count). The smallest absolute Gasteiger partial charge is 0.352 e. The lowest BCUT2D eigenvalue weighted by atomic mass is 10.1. The highest BCUT2D eigenvalue weighted by Gasteiger charge is 2.36. The van der Waals surface area contributed by atoms with Crippen molar-refractivity contribution in [3.63, 3.8) is 0 Å². The van der Waals surface area contributed by atoms with Gasteiger partial charge in [-0.05, 0) is 62.2 Å². The maximum atomic E-state index is 14.1. The van der Waals surface area contributed by atoms with Crippen molar-refractivity contribution in [3.8, 4) is 0 Å². The van der Waals surface area contributed by atoms with Gasteiger partial charge in [-0.15, -0.1) is 0 Å². The number of hydrogen-bond acceptors (Lipinski definition) is 4. The summed E-state index contributed by atoms with van der Waals surface area (Å²) >= 11 is 12.8. The molecule has 7 nitrogen and oxygen atoms in total. The second-order valence-corrected chi connectivity index (χ2v) is 12.5. The summed E-state index contributed by atoms with van der Waals surface area (Å²) in [6.45, 7) is 4.18. The van der Waals surface area contributed by atoms with Crippen molar-refractivity contribution < 1.29 is 31.2 Å². The van der Waals surface area contributed by atoms with E-state index in [1.165, 1.54) is 30.3 Å². The van der Waals surface area contributed by atoms with Crippen molar-refractivity contribution in [2.75, 3.05) is 10.8 Å². The number of hydrogen-bond donors (Lipinski definition) is 1. The van der Waals surface area contributed by atoms with Crippen molar-refractivity contribution >= 4 is 50.7 Å². The number of halogens is 5. The zero-order chi connectivity index (χ0) is 31.9. The number of carbonyl (C=O) groups is 2. The van der Waals surface area contributed by atoms with E-state index in [-0.39, 0.29) is 39.6 Å². The first-order valence-corrected chi connectivity index (χ1v) is 15.7. The van der Waals surface area contributed by atoms with E-state index in [9.17, 15) is 31.2 Å². The third-order valence-electron chi connectivity index (χ3n) is 6.85. The molecule has 13 heteroatoms. The fraction of sp³-hybridized carbons (Fsp3) is 0.333. The molecule has 0 fully saturated rings. The molecule has 0 spiro atoms. The lowest BCUT2D eigenvalue weighted by Crippen LogP contribution is -2.53. The normalized spacial score (nSPS) is 13.2. The van der Waals surface area contributed by atoms with E-state index in [0.717, 1.165) is 17.0 Å². The molecule has 0 saturated carbocycles. The molecule has 2 atom stereocenters. The van der Waals surface area contributed by atoms with Crippen LogP contribution in [-0.4, -0.2) is 43.8 Å². The van der Waals surface area contributed by atoms with Gasteiger partial charge in [0.05, 0.1) is 16.1 Å². The van der Waals surface area contributed by atoms with Crippen LogP contribution < -0.4 is 9.62 Å². The maximum Gasteiger partial charge on any atom is 0.416 e. The summed E-state index contributed by atoms with van der Waals surface area (Å²) in [5.41, 5.74) is -1.14. The van der Waals surface area contributed by atoms with Gasteiger partial charge < -0.3 is 10.2 Å². The molecular formula is C30H32Cl2F3N3O4S. The average molecular weight is 659 g/mol. The number of nitrogens with one attached hydrogen (secondary N) is 1. The number of carbonyl (C=O) groups excluding carboxylic acids is 2. The van der Waals surface area contributed by atoms with Crippen molar-refractivity contribution in [1.29, 1.82) is 0 Å². The van der Waals surface area contributed by atoms with E-state index in [4.69, 9.17) is 23.2 Å². The summed E-state index contributed by atoms with van der Waals surface area (Å²) in [5.74, 6) is -1.33. The number of sulfonamides is 1. The minimum Gasteiger partial charge on any atom is -0.352 e. The molecule has 232 valence electrons. The van der Waals surface area contributed by atoms with Gasteiger partial charge in [-0.25, -0.2) is 8.42 Å². The first-order chi connectivity index (χ1) is 20.2. The standard InChI is InChI=1S/C30H32Cl2F3N3O4S/c1-4-20(3)36-29(40)27(5-2)37(18-24-25(31)15-10-16-26(24)32)28(39)19-38(43(41,42)23-13-7-6-8-14-23)22-12-9-11-21(17-22)30(33,34)35/h6-17,20,27H,4-5,18-19H2,1-3H3,(H,36,40). The molecule has 3 aromatic rings. The fourth-order valence-electron chi connectivity index (χ4n) is 4.30. The SMILES string of the molecule is CCC(C)NC(=O)C(CC)N(Cc1c(Cl)cccc1Cl)C(=O)CN(c1cccc(C(F)(F)F)c1)S(=O)(=O)c1ccccc1. The van der Waals surface area contributed by atoms with E-state index >= 15 is 0 Å². The molecule has 0 aliphatic heterocycles. The van der Waals surface area contributed by atoms with Crippen LogP contribution in [0.25, 0.3) is 0 Å². The molecule has 0 aliphatic rings. The summed E-state index contributed by atoms with van der Waals surface area (Å²) in [7, 11) is -4.54. The molecule has 0 aliphatic carbocycles. The van der Waals surface area contributed by atoms with Gasteiger partial charge in [0.25, 0.3) is 10.0 Å². The molecule has 2 unspecified atom stereocenters. The van der Waals surface area contributed by atoms with Gasteiger partial charge in [0, 0.05) is 28.2 Å². The van der Waals surface area contributed by atoms with Crippen LogP contribution in [0.3, 0.4) is 0 Å². The molecule has 0 heterocycles. The highest BCUT2D eigenvalue weighted by Crippen LogP contribution is 2.34. The molecule has 0 saturated heterocycles. The summed E-state index contributed by atoms with van der Waals surface area (Å²) < 4.78 is 69.1. The van der Waals surface area contributed by atoms with Crippen LogP contribution in [0, 0.1) is 0 Å². The van der Waals surface area contributed by atoms with Gasteiger partial charge in [-0.3, -0.25) is 13.9 Å². The zero-order valence-electron chi connectivity index (χ0n) is 23.7. The molecular weight excluding hydrogens is 626 g/mol. The average Bonchev–Trinajstić information content (AvgIpc) is 2.97. The lowest BCUT2D eigenvalue weighted by molar-refractivity contribution is -0.140. The largest absolute Gasteiger partial charge is 0.416 e. The van der Waals surface area contributed by atoms with Crippen LogP contribution >= 0.6 is 23.2 Å². The van der Waals surface area contributed by atoms with Gasteiger partial charge in [-0.1, -0.05) is 67.4 Å². The van der Waals surface area contributed by atoms with Gasteiger partial charge in [-0.2, -0.15) is 13.2 Å². The van der Waals surface area contributed by atoms with Crippen LogP contribution in [0.15, 0.2) is 77.7 Å². The molecule has 0 bridgehead atoms. The molecule has 3 aromatic carbocycles.